The van der Waals surface area contributed by atoms with E-state index in [4.69, 9.17) is 0 Å². The molecule has 3 rings (SSSR count). The van der Waals surface area contributed by atoms with Crippen molar-refractivity contribution in [3.05, 3.63) is 48.1 Å². The lowest BCUT2D eigenvalue weighted by molar-refractivity contribution is 0.0723. The Balaban J connectivity index is 1.83. The van der Waals surface area contributed by atoms with Gasteiger partial charge in [0.25, 0.3) is 5.91 Å². The predicted octanol–water partition coefficient (Wildman–Crippen LogP) is 1.31. The second-order valence-corrected chi connectivity index (χ2v) is 5.89. The first kappa shape index (κ1) is 15.5. The molecule has 1 amide bonds. The van der Waals surface area contributed by atoms with Crippen molar-refractivity contribution in [2.24, 2.45) is 0 Å². The van der Waals surface area contributed by atoms with Gasteiger partial charge in [-0.05, 0) is 33.0 Å². The molecule has 1 saturated heterocycles. The second kappa shape index (κ2) is 6.78. The molecule has 1 atom stereocenters. The summed E-state index contributed by atoms with van der Waals surface area (Å²) in [4.78, 5) is 33.6. The first-order valence-corrected chi connectivity index (χ1v) is 7.68. The zero-order valence-electron chi connectivity index (χ0n) is 13.4. The van der Waals surface area contributed by atoms with E-state index in [1.165, 1.54) is 12.4 Å². The smallest absolute Gasteiger partial charge is 0.274 e. The van der Waals surface area contributed by atoms with Crippen molar-refractivity contribution in [3.63, 3.8) is 0 Å². The minimum Gasteiger partial charge on any atom is -0.327 e. The lowest BCUT2D eigenvalue weighted by atomic mass is 10.2. The number of aromatic nitrogens is 4. The number of hydrogen-bond acceptors (Lipinski definition) is 6. The summed E-state index contributed by atoms with van der Waals surface area (Å²) < 4.78 is 0. The van der Waals surface area contributed by atoms with Crippen LogP contribution in [0.15, 0.2) is 30.9 Å². The average Bonchev–Trinajstić information content (AvgIpc) is 3.04. The largest absolute Gasteiger partial charge is 0.327 e. The number of rotatable bonds is 4. The molecule has 0 bridgehead atoms. The summed E-state index contributed by atoms with van der Waals surface area (Å²) in [5.74, 6) is 0.598. The molecule has 0 N–H and O–H groups in total. The van der Waals surface area contributed by atoms with Gasteiger partial charge in [-0.25, -0.2) is 15.0 Å². The van der Waals surface area contributed by atoms with Crippen LogP contribution >= 0.6 is 0 Å². The van der Waals surface area contributed by atoms with Gasteiger partial charge in [-0.1, -0.05) is 0 Å². The van der Waals surface area contributed by atoms with E-state index >= 15 is 0 Å². The maximum Gasteiger partial charge on any atom is 0.274 e. The molecule has 2 aromatic heterocycles. The Hall–Kier alpha value is -2.41. The molecule has 7 heteroatoms. The van der Waals surface area contributed by atoms with Gasteiger partial charge in [-0.15, -0.1) is 0 Å². The van der Waals surface area contributed by atoms with Crippen molar-refractivity contribution in [1.29, 1.82) is 0 Å². The number of likely N-dealkylation sites (tertiary alicyclic amines) is 1. The van der Waals surface area contributed by atoms with Crippen molar-refractivity contribution in [2.45, 2.75) is 25.4 Å². The summed E-state index contributed by atoms with van der Waals surface area (Å²) in [6, 6.07) is 1.82. The van der Waals surface area contributed by atoms with Crippen LogP contribution in [0.2, 0.25) is 0 Å². The molecule has 0 aliphatic carbocycles. The summed E-state index contributed by atoms with van der Waals surface area (Å²) in [5, 5.41) is 0. The zero-order chi connectivity index (χ0) is 16.2. The molecule has 0 saturated carbocycles. The fourth-order valence-corrected chi connectivity index (χ4v) is 2.82. The Morgan fingerprint density at radius 1 is 1.30 bits per heavy atom. The fraction of sp³-hybridized carbons (Fsp3) is 0.438. The van der Waals surface area contributed by atoms with Gasteiger partial charge in [0.1, 0.15) is 5.69 Å². The molecular weight excluding hydrogens is 292 g/mol. The zero-order valence-corrected chi connectivity index (χ0v) is 13.4. The number of amides is 1. The molecule has 2 aromatic rings. The summed E-state index contributed by atoms with van der Waals surface area (Å²) in [6.45, 7) is 1.45. The molecule has 3 heterocycles. The molecule has 1 fully saturated rings. The fourth-order valence-electron chi connectivity index (χ4n) is 2.82. The topological polar surface area (TPSA) is 75.1 Å². The average molecular weight is 312 g/mol. The Morgan fingerprint density at radius 2 is 2.17 bits per heavy atom. The second-order valence-electron chi connectivity index (χ2n) is 5.89. The first-order chi connectivity index (χ1) is 11.1. The third-order valence-electron chi connectivity index (χ3n) is 3.80. The highest BCUT2D eigenvalue weighted by atomic mass is 16.2. The van der Waals surface area contributed by atoms with Crippen molar-refractivity contribution < 1.29 is 4.79 Å². The van der Waals surface area contributed by atoms with E-state index in [0.717, 1.165) is 25.1 Å². The molecule has 0 aromatic carbocycles. The number of nitrogens with zero attached hydrogens (tertiary/aromatic N) is 6. The van der Waals surface area contributed by atoms with Gasteiger partial charge in [-0.2, -0.15) is 0 Å². The van der Waals surface area contributed by atoms with Crippen molar-refractivity contribution in [3.8, 4) is 0 Å². The Labute approximate surface area is 135 Å². The lowest BCUT2D eigenvalue weighted by Crippen LogP contribution is -2.32. The lowest BCUT2D eigenvalue weighted by Gasteiger charge is -2.23. The van der Waals surface area contributed by atoms with Crippen LogP contribution in [0.25, 0.3) is 0 Å². The van der Waals surface area contributed by atoms with Gasteiger partial charge in [0.15, 0.2) is 5.82 Å². The normalized spacial score (nSPS) is 17.7. The maximum absolute atomic E-state index is 12.7. The molecule has 7 nitrogen and oxygen atoms in total. The monoisotopic (exact) mass is 312 g/mol. The highest BCUT2D eigenvalue weighted by Crippen LogP contribution is 2.30. The highest BCUT2D eigenvalue weighted by Gasteiger charge is 2.33. The van der Waals surface area contributed by atoms with E-state index in [1.54, 1.807) is 17.3 Å². The third kappa shape index (κ3) is 3.50. The molecule has 0 spiro atoms. The van der Waals surface area contributed by atoms with Gasteiger partial charge in [0, 0.05) is 31.7 Å². The van der Waals surface area contributed by atoms with Crippen LogP contribution in [0.3, 0.4) is 0 Å². The Morgan fingerprint density at radius 3 is 2.91 bits per heavy atom. The van der Waals surface area contributed by atoms with Crippen LogP contribution in [-0.4, -0.2) is 56.3 Å². The van der Waals surface area contributed by atoms with Crippen LogP contribution in [-0.2, 0) is 6.54 Å². The number of carbonyl (C=O) groups excluding carboxylic acids is 1. The van der Waals surface area contributed by atoms with Gasteiger partial charge >= 0.3 is 0 Å². The van der Waals surface area contributed by atoms with Crippen LogP contribution in [0.5, 0.6) is 0 Å². The molecule has 1 aliphatic rings. The number of hydrogen-bond donors (Lipinski definition) is 0. The molecular formula is C16H20N6O. The predicted molar refractivity (Wildman–Crippen MR) is 84.5 cm³/mol. The maximum atomic E-state index is 12.7. The van der Waals surface area contributed by atoms with Crippen LogP contribution < -0.4 is 0 Å². The highest BCUT2D eigenvalue weighted by molar-refractivity contribution is 5.92. The van der Waals surface area contributed by atoms with Gasteiger partial charge in [0.05, 0.1) is 17.9 Å². The van der Waals surface area contributed by atoms with E-state index in [2.05, 4.69) is 24.8 Å². The minimum atomic E-state index is -0.109. The summed E-state index contributed by atoms with van der Waals surface area (Å²) in [5.41, 5.74) is 1.32. The van der Waals surface area contributed by atoms with E-state index in [0.29, 0.717) is 18.1 Å². The number of carbonyl (C=O) groups is 1. The van der Waals surface area contributed by atoms with Crippen LogP contribution in [0.4, 0.5) is 0 Å². The Kier molecular flexibility index (Phi) is 4.57. The van der Waals surface area contributed by atoms with Gasteiger partial charge < -0.3 is 9.80 Å². The van der Waals surface area contributed by atoms with E-state index in [9.17, 15) is 4.79 Å². The van der Waals surface area contributed by atoms with Gasteiger partial charge in [0.2, 0.25) is 0 Å². The van der Waals surface area contributed by atoms with E-state index < -0.39 is 0 Å². The molecule has 0 unspecified atom stereocenters. The Bertz CT molecular complexity index is 675. The van der Waals surface area contributed by atoms with Crippen molar-refractivity contribution >= 4 is 5.91 Å². The first-order valence-electron chi connectivity index (χ1n) is 7.68. The van der Waals surface area contributed by atoms with Crippen molar-refractivity contribution in [2.75, 3.05) is 20.6 Å². The molecule has 23 heavy (non-hydrogen) atoms. The molecule has 0 radical (unpaired) electrons. The molecule has 120 valence electrons. The van der Waals surface area contributed by atoms with E-state index in [1.807, 2.05) is 20.2 Å². The summed E-state index contributed by atoms with van der Waals surface area (Å²) in [6.07, 6.45) is 8.18. The summed E-state index contributed by atoms with van der Waals surface area (Å²) in [7, 11) is 4.00. The quantitative estimate of drug-likeness (QED) is 0.847. The third-order valence-corrected chi connectivity index (χ3v) is 3.80. The summed E-state index contributed by atoms with van der Waals surface area (Å²) >= 11 is 0. The van der Waals surface area contributed by atoms with Crippen LogP contribution in [0.1, 0.15) is 40.9 Å². The SMILES string of the molecule is CN(C)Cc1ccnc([C@@H]2CCCN2C(=O)c2cnccn2)n1. The van der Waals surface area contributed by atoms with Gasteiger partial charge in [-0.3, -0.25) is 9.78 Å². The minimum absolute atomic E-state index is 0.0911. The van der Waals surface area contributed by atoms with Crippen LogP contribution in [0, 0.1) is 0 Å². The molecule has 1 aliphatic heterocycles. The standard InChI is InChI=1S/C16H20N6O/c1-21(2)11-12-5-6-19-15(20-12)14-4-3-9-22(14)16(23)13-10-17-7-8-18-13/h5-8,10,14H,3-4,9,11H2,1-2H3/t14-/m0/s1. The van der Waals surface area contributed by atoms with Crippen molar-refractivity contribution in [1.82, 2.24) is 29.7 Å². The van der Waals surface area contributed by atoms with E-state index in [-0.39, 0.29) is 11.9 Å².